The second-order valence-electron chi connectivity index (χ2n) is 2.13. The maximum Gasteiger partial charge on any atom is 0.127 e. The highest BCUT2D eigenvalue weighted by molar-refractivity contribution is 5.02. The van der Waals surface area contributed by atoms with Crippen molar-refractivity contribution in [1.29, 1.82) is 5.26 Å². The number of hydrogen-bond donors (Lipinski definition) is 1. The van der Waals surface area contributed by atoms with Crippen molar-refractivity contribution in [2.24, 2.45) is 0 Å². The maximum absolute atomic E-state index is 8.52. The third-order valence-electron chi connectivity index (χ3n) is 1.23. The molecule has 3 nitrogen and oxygen atoms in total. The van der Waals surface area contributed by atoms with Crippen LogP contribution in [0.15, 0.2) is 0 Å². The van der Waals surface area contributed by atoms with Crippen LogP contribution in [0.25, 0.3) is 0 Å². The van der Waals surface area contributed by atoms with Crippen LogP contribution in [0.2, 0.25) is 0 Å². The largest absolute Gasteiger partial charge is 0.382 e. The van der Waals surface area contributed by atoms with Crippen LogP contribution in [0.1, 0.15) is 6.92 Å². The van der Waals surface area contributed by atoms with E-state index in [-0.39, 0.29) is 0 Å². The Morgan fingerprint density at radius 3 is 2.44 bits per heavy atom. The topological polar surface area (TPSA) is 45.0 Å². The highest BCUT2D eigenvalue weighted by Gasteiger charge is 2.19. The van der Waals surface area contributed by atoms with Gasteiger partial charge in [-0.3, -0.25) is 0 Å². The molecule has 0 saturated carbocycles. The fourth-order valence-electron chi connectivity index (χ4n) is 0.449. The zero-order valence-corrected chi connectivity index (χ0v) is 6.06. The van der Waals surface area contributed by atoms with Crippen molar-refractivity contribution in [3.8, 4) is 6.07 Å². The zero-order chi connectivity index (χ0) is 7.33. The van der Waals surface area contributed by atoms with Crippen LogP contribution in [0.4, 0.5) is 0 Å². The van der Waals surface area contributed by atoms with Gasteiger partial charge in [0.05, 0.1) is 12.7 Å². The number of nitriles is 1. The molecule has 0 aliphatic rings. The molecule has 0 spiro atoms. The van der Waals surface area contributed by atoms with Gasteiger partial charge in [-0.25, -0.2) is 0 Å². The van der Waals surface area contributed by atoms with Crippen molar-refractivity contribution in [2.75, 3.05) is 20.8 Å². The van der Waals surface area contributed by atoms with E-state index in [1.165, 1.54) is 0 Å². The van der Waals surface area contributed by atoms with Crippen molar-refractivity contribution < 1.29 is 4.74 Å². The number of likely N-dealkylation sites (N-methyl/N-ethyl adjacent to an activating group) is 1. The molecule has 1 atom stereocenters. The first-order valence-corrected chi connectivity index (χ1v) is 2.77. The van der Waals surface area contributed by atoms with Gasteiger partial charge in [-0.15, -0.1) is 0 Å². The number of rotatable bonds is 3. The highest BCUT2D eigenvalue weighted by Crippen LogP contribution is 1.99. The summed E-state index contributed by atoms with van der Waals surface area (Å²) >= 11 is 0. The molecule has 0 heterocycles. The smallest absolute Gasteiger partial charge is 0.127 e. The molecule has 0 bridgehead atoms. The Balaban J connectivity index is 3.81. The van der Waals surface area contributed by atoms with E-state index in [9.17, 15) is 0 Å². The lowest BCUT2D eigenvalue weighted by Gasteiger charge is -2.18. The summed E-state index contributed by atoms with van der Waals surface area (Å²) in [5.74, 6) is 0. The standard InChI is InChI=1S/C6H12N2O/c1-6(4-7,8-2)5-9-3/h8H,5H2,1-3H3. The van der Waals surface area contributed by atoms with E-state index < -0.39 is 5.54 Å². The molecule has 52 valence electrons. The van der Waals surface area contributed by atoms with Crippen molar-refractivity contribution in [3.05, 3.63) is 0 Å². The van der Waals surface area contributed by atoms with Gasteiger partial charge in [0.1, 0.15) is 5.54 Å². The Labute approximate surface area is 55.6 Å². The van der Waals surface area contributed by atoms with Gasteiger partial charge in [0.15, 0.2) is 0 Å². The Bertz CT molecular complexity index is 119. The molecule has 0 rings (SSSR count). The maximum atomic E-state index is 8.52. The second kappa shape index (κ2) is 3.44. The normalized spacial score (nSPS) is 16.2. The second-order valence-corrected chi connectivity index (χ2v) is 2.13. The average Bonchev–Trinajstić information content (AvgIpc) is 1.89. The molecule has 9 heavy (non-hydrogen) atoms. The first-order chi connectivity index (χ1) is 4.18. The fraction of sp³-hybridized carbons (Fsp3) is 0.833. The molecule has 0 amide bonds. The molecule has 0 aromatic rings. The van der Waals surface area contributed by atoms with E-state index in [4.69, 9.17) is 10.00 Å². The van der Waals surface area contributed by atoms with Crippen molar-refractivity contribution in [1.82, 2.24) is 5.32 Å². The highest BCUT2D eigenvalue weighted by atomic mass is 16.5. The zero-order valence-electron chi connectivity index (χ0n) is 6.06. The molecule has 0 aliphatic carbocycles. The average molecular weight is 128 g/mol. The van der Waals surface area contributed by atoms with Crippen molar-refractivity contribution in [2.45, 2.75) is 12.5 Å². The first-order valence-electron chi connectivity index (χ1n) is 2.77. The van der Waals surface area contributed by atoms with Gasteiger partial charge < -0.3 is 10.1 Å². The third-order valence-corrected chi connectivity index (χ3v) is 1.23. The number of ether oxygens (including phenoxy) is 1. The van der Waals surface area contributed by atoms with Crippen molar-refractivity contribution in [3.63, 3.8) is 0 Å². The SMILES string of the molecule is CNC(C)(C#N)COC. The molecule has 0 aliphatic heterocycles. The van der Waals surface area contributed by atoms with Crippen LogP contribution in [-0.2, 0) is 4.74 Å². The predicted molar refractivity (Wildman–Crippen MR) is 35.0 cm³/mol. The Morgan fingerprint density at radius 1 is 1.78 bits per heavy atom. The molecule has 0 aromatic carbocycles. The molecule has 0 radical (unpaired) electrons. The summed E-state index contributed by atoms with van der Waals surface area (Å²) in [5, 5.41) is 11.4. The van der Waals surface area contributed by atoms with Crippen molar-refractivity contribution >= 4 is 0 Å². The van der Waals surface area contributed by atoms with Crippen LogP contribution in [-0.4, -0.2) is 26.3 Å². The summed E-state index contributed by atoms with van der Waals surface area (Å²) in [7, 11) is 3.31. The van der Waals surface area contributed by atoms with E-state index in [2.05, 4.69) is 11.4 Å². The lowest BCUT2D eigenvalue weighted by atomic mass is 10.1. The number of methoxy groups -OCH3 is 1. The Hall–Kier alpha value is -0.590. The minimum absolute atomic E-state index is 0.417. The fourth-order valence-corrected chi connectivity index (χ4v) is 0.449. The quantitative estimate of drug-likeness (QED) is 0.587. The third kappa shape index (κ3) is 2.45. The summed E-state index contributed by atoms with van der Waals surface area (Å²) in [6.07, 6.45) is 0. The van der Waals surface area contributed by atoms with Gasteiger partial charge in [0, 0.05) is 7.11 Å². The number of nitrogens with zero attached hydrogens (tertiary/aromatic N) is 1. The van der Waals surface area contributed by atoms with Gasteiger partial charge >= 0.3 is 0 Å². The predicted octanol–water partition coefficient (Wildman–Crippen LogP) is 0.134. The first kappa shape index (κ1) is 8.41. The van der Waals surface area contributed by atoms with Gasteiger partial charge in [-0.1, -0.05) is 0 Å². The van der Waals surface area contributed by atoms with E-state index in [1.54, 1.807) is 21.1 Å². The summed E-state index contributed by atoms with van der Waals surface area (Å²) < 4.78 is 4.80. The van der Waals surface area contributed by atoms with E-state index in [1.807, 2.05) is 0 Å². The summed E-state index contributed by atoms with van der Waals surface area (Å²) in [4.78, 5) is 0. The van der Waals surface area contributed by atoms with Gasteiger partial charge in [-0.2, -0.15) is 5.26 Å². The molecule has 1 unspecified atom stereocenters. The van der Waals surface area contributed by atoms with Crippen LogP contribution < -0.4 is 5.32 Å². The minimum Gasteiger partial charge on any atom is -0.382 e. The molecule has 3 heteroatoms. The van der Waals surface area contributed by atoms with E-state index in [0.29, 0.717) is 6.61 Å². The van der Waals surface area contributed by atoms with Gasteiger partial charge in [-0.05, 0) is 14.0 Å². The molecule has 0 saturated heterocycles. The van der Waals surface area contributed by atoms with E-state index in [0.717, 1.165) is 0 Å². The van der Waals surface area contributed by atoms with E-state index >= 15 is 0 Å². The summed E-state index contributed by atoms with van der Waals surface area (Å²) in [6.45, 7) is 2.20. The molecular weight excluding hydrogens is 116 g/mol. The van der Waals surface area contributed by atoms with Crippen LogP contribution >= 0.6 is 0 Å². The molecular formula is C6H12N2O. The lowest BCUT2D eigenvalue weighted by Crippen LogP contribution is -2.42. The summed E-state index contributed by atoms with van der Waals surface area (Å²) in [5.41, 5.74) is -0.533. The lowest BCUT2D eigenvalue weighted by molar-refractivity contribution is 0.150. The Morgan fingerprint density at radius 2 is 2.33 bits per heavy atom. The molecule has 0 aromatic heterocycles. The summed E-state index contributed by atoms with van der Waals surface area (Å²) in [6, 6.07) is 2.09. The molecule has 0 fully saturated rings. The monoisotopic (exact) mass is 128 g/mol. The van der Waals surface area contributed by atoms with Crippen LogP contribution in [0, 0.1) is 11.3 Å². The van der Waals surface area contributed by atoms with Crippen LogP contribution in [0.5, 0.6) is 0 Å². The number of hydrogen-bond acceptors (Lipinski definition) is 3. The van der Waals surface area contributed by atoms with Gasteiger partial charge in [0.25, 0.3) is 0 Å². The minimum atomic E-state index is -0.533. The van der Waals surface area contributed by atoms with Crippen LogP contribution in [0.3, 0.4) is 0 Å². The molecule has 1 N–H and O–H groups in total. The number of nitrogens with one attached hydrogen (secondary N) is 1. The Kier molecular flexibility index (Phi) is 3.21. The van der Waals surface area contributed by atoms with Gasteiger partial charge in [0.2, 0.25) is 0 Å².